The third-order valence-electron chi connectivity index (χ3n) is 3.24. The van der Waals surface area contributed by atoms with Crippen LogP contribution in [0.25, 0.3) is 11.6 Å². The van der Waals surface area contributed by atoms with E-state index in [-0.39, 0.29) is 11.1 Å². The molecule has 8 heteroatoms. The zero-order valence-corrected chi connectivity index (χ0v) is 16.8. The van der Waals surface area contributed by atoms with Crippen molar-refractivity contribution >= 4 is 62.1 Å². The van der Waals surface area contributed by atoms with E-state index in [9.17, 15) is 14.9 Å². The third kappa shape index (κ3) is 5.06. The molecule has 2 rings (SSSR count). The molecule has 0 aromatic heterocycles. The summed E-state index contributed by atoms with van der Waals surface area (Å²) in [5, 5.41) is 27.3. The van der Waals surface area contributed by atoms with Gasteiger partial charge in [-0.25, -0.2) is 9.59 Å². The van der Waals surface area contributed by atoms with Crippen molar-refractivity contribution in [3.8, 4) is 11.8 Å². The number of nitriles is 1. The molecule has 2 N–H and O–H groups in total. The van der Waals surface area contributed by atoms with Crippen LogP contribution in [0.4, 0.5) is 0 Å². The number of carboxylic acid groups (broad SMARTS) is 2. The number of benzene rings is 2. The zero-order valence-electron chi connectivity index (χ0n) is 13.1. The van der Waals surface area contributed by atoms with Gasteiger partial charge in [0.25, 0.3) is 0 Å². The predicted molar refractivity (Wildman–Crippen MR) is 107 cm³/mol. The van der Waals surface area contributed by atoms with E-state index in [2.05, 4.69) is 44.6 Å². The lowest BCUT2D eigenvalue weighted by atomic mass is 10.0. The second-order valence-electron chi connectivity index (χ2n) is 5.04. The maximum Gasteiger partial charge on any atom is 0.341 e. The number of nitrogens with zero attached hydrogens (tertiary/aromatic N) is 1. The van der Waals surface area contributed by atoms with Gasteiger partial charge in [-0.3, -0.25) is 0 Å². The highest BCUT2D eigenvalue weighted by Crippen LogP contribution is 2.34. The first-order valence-electron chi connectivity index (χ1n) is 7.11. The highest BCUT2D eigenvalue weighted by Gasteiger charge is 2.13. The molecule has 0 aliphatic heterocycles. The van der Waals surface area contributed by atoms with E-state index in [0.717, 1.165) is 3.57 Å². The molecule has 6 nitrogen and oxygen atoms in total. The number of carboxylic acids is 2. The minimum Gasteiger partial charge on any atom is -0.480 e. The summed E-state index contributed by atoms with van der Waals surface area (Å²) in [5.74, 6) is -1.86. The van der Waals surface area contributed by atoms with Crippen LogP contribution in [0.15, 0.2) is 40.9 Å². The summed E-state index contributed by atoms with van der Waals surface area (Å²) < 4.78 is 6.76. The number of allylic oxidation sites excluding steroid dienone is 1. The van der Waals surface area contributed by atoms with Crippen LogP contribution in [0.3, 0.4) is 0 Å². The number of carbonyl (C=O) groups is 2. The Morgan fingerprint density at radius 1 is 1.19 bits per heavy atom. The quantitative estimate of drug-likeness (QED) is 0.330. The van der Waals surface area contributed by atoms with Crippen molar-refractivity contribution < 1.29 is 24.5 Å². The van der Waals surface area contributed by atoms with Crippen LogP contribution in [0.2, 0.25) is 0 Å². The number of hydrogen-bond donors (Lipinski definition) is 2. The Kier molecular flexibility index (Phi) is 6.76. The Morgan fingerprint density at radius 3 is 2.35 bits per heavy atom. The summed E-state index contributed by atoms with van der Waals surface area (Å²) in [5.41, 5.74) is 1.48. The fourth-order valence-corrected chi connectivity index (χ4v) is 3.77. The van der Waals surface area contributed by atoms with E-state index in [4.69, 9.17) is 14.9 Å². The summed E-state index contributed by atoms with van der Waals surface area (Å²) in [7, 11) is 0. The molecule has 132 valence electrons. The van der Waals surface area contributed by atoms with Crippen LogP contribution in [-0.4, -0.2) is 28.8 Å². The number of ether oxygens (including phenoxy) is 1. The molecule has 0 aliphatic rings. The lowest BCUT2D eigenvalue weighted by Gasteiger charge is -2.11. The lowest BCUT2D eigenvalue weighted by Crippen LogP contribution is -2.10. The lowest BCUT2D eigenvalue weighted by molar-refractivity contribution is -0.139. The number of aromatic carboxylic acids is 1. The first-order chi connectivity index (χ1) is 12.3. The molecule has 0 amide bonds. The van der Waals surface area contributed by atoms with Gasteiger partial charge in [-0.2, -0.15) is 5.26 Å². The summed E-state index contributed by atoms with van der Waals surface area (Å²) >= 11 is 5.44. The van der Waals surface area contributed by atoms with Crippen LogP contribution in [-0.2, 0) is 4.79 Å². The van der Waals surface area contributed by atoms with Gasteiger partial charge in [-0.05, 0) is 74.4 Å². The molecule has 0 atom stereocenters. The minimum absolute atomic E-state index is 0.119. The Bertz CT molecular complexity index is 932. The first kappa shape index (κ1) is 19.9. The summed E-state index contributed by atoms with van der Waals surface area (Å²) in [6, 6.07) is 11.5. The van der Waals surface area contributed by atoms with Gasteiger partial charge in [0, 0.05) is 9.13 Å². The molecule has 0 spiro atoms. The van der Waals surface area contributed by atoms with Crippen LogP contribution < -0.4 is 4.74 Å². The summed E-state index contributed by atoms with van der Waals surface area (Å²) in [4.78, 5) is 21.7. The summed E-state index contributed by atoms with van der Waals surface area (Å²) in [6.45, 7) is -0.519. The Labute approximate surface area is 171 Å². The second-order valence-corrected chi connectivity index (χ2v) is 7.14. The number of halogens is 2. The normalized spacial score (nSPS) is 10.9. The SMILES string of the molecule is N#C/C(=C/c1cc(I)cc(Br)c1OCC(=O)O)c1ccc(C(=O)O)cc1. The fraction of sp³-hybridized carbons (Fsp3) is 0.0556. The minimum atomic E-state index is -1.12. The van der Waals surface area contributed by atoms with Crippen molar-refractivity contribution in [1.82, 2.24) is 0 Å². The molecular formula is C18H11BrINO5. The molecule has 0 aliphatic carbocycles. The zero-order chi connectivity index (χ0) is 19.3. The van der Waals surface area contributed by atoms with Gasteiger partial charge in [-0.15, -0.1) is 0 Å². The average molecular weight is 528 g/mol. The smallest absolute Gasteiger partial charge is 0.341 e. The van der Waals surface area contributed by atoms with Crippen LogP contribution in [0.5, 0.6) is 5.75 Å². The van der Waals surface area contributed by atoms with Gasteiger partial charge in [0.15, 0.2) is 6.61 Å². The Balaban J connectivity index is 2.49. The van der Waals surface area contributed by atoms with Crippen molar-refractivity contribution in [2.75, 3.05) is 6.61 Å². The van der Waals surface area contributed by atoms with E-state index >= 15 is 0 Å². The number of aliphatic carboxylic acids is 1. The van der Waals surface area contributed by atoms with E-state index in [0.29, 0.717) is 21.3 Å². The molecule has 2 aromatic rings. The maximum absolute atomic E-state index is 10.9. The van der Waals surface area contributed by atoms with Crippen LogP contribution in [0, 0.1) is 14.9 Å². The molecule has 26 heavy (non-hydrogen) atoms. The van der Waals surface area contributed by atoms with E-state index in [1.165, 1.54) is 12.1 Å². The van der Waals surface area contributed by atoms with Gasteiger partial charge in [0.2, 0.25) is 0 Å². The predicted octanol–water partition coefficient (Wildman–Crippen LogP) is 4.28. The van der Waals surface area contributed by atoms with E-state index < -0.39 is 18.5 Å². The van der Waals surface area contributed by atoms with Gasteiger partial charge in [0.05, 0.1) is 21.7 Å². The van der Waals surface area contributed by atoms with Crippen LogP contribution >= 0.6 is 38.5 Å². The van der Waals surface area contributed by atoms with Crippen molar-refractivity contribution in [2.24, 2.45) is 0 Å². The highest BCUT2D eigenvalue weighted by molar-refractivity contribution is 14.1. The standard InChI is InChI=1S/C18H11BrINO5/c19-15-7-14(20)6-12(17(15)26-9-16(22)23)5-13(8-21)10-1-3-11(4-2-10)18(24)25/h1-7H,9H2,(H,22,23)(H,24,25)/b13-5-. The Morgan fingerprint density at radius 2 is 1.81 bits per heavy atom. The summed E-state index contributed by atoms with van der Waals surface area (Å²) in [6.07, 6.45) is 1.57. The van der Waals surface area contributed by atoms with E-state index in [1.54, 1.807) is 30.3 Å². The monoisotopic (exact) mass is 527 g/mol. The van der Waals surface area contributed by atoms with Crippen LogP contribution in [0.1, 0.15) is 21.5 Å². The maximum atomic E-state index is 10.9. The molecule has 0 heterocycles. The molecule has 0 radical (unpaired) electrons. The number of hydrogen-bond acceptors (Lipinski definition) is 4. The van der Waals surface area contributed by atoms with E-state index in [1.807, 2.05) is 0 Å². The van der Waals surface area contributed by atoms with Gasteiger partial charge < -0.3 is 14.9 Å². The Hall–Kier alpha value is -2.38. The topological polar surface area (TPSA) is 108 Å². The molecule has 0 saturated carbocycles. The largest absolute Gasteiger partial charge is 0.480 e. The van der Waals surface area contributed by atoms with Gasteiger partial charge in [0.1, 0.15) is 5.75 Å². The van der Waals surface area contributed by atoms with Gasteiger partial charge in [-0.1, -0.05) is 12.1 Å². The van der Waals surface area contributed by atoms with Crippen molar-refractivity contribution in [2.45, 2.75) is 0 Å². The van der Waals surface area contributed by atoms with Crippen molar-refractivity contribution in [3.05, 3.63) is 61.1 Å². The number of rotatable bonds is 6. The van der Waals surface area contributed by atoms with Gasteiger partial charge >= 0.3 is 11.9 Å². The second kappa shape index (κ2) is 8.82. The molecule has 0 unspecified atom stereocenters. The van der Waals surface area contributed by atoms with Crippen molar-refractivity contribution in [3.63, 3.8) is 0 Å². The van der Waals surface area contributed by atoms with Crippen molar-refractivity contribution in [1.29, 1.82) is 5.26 Å². The fourth-order valence-electron chi connectivity index (χ4n) is 2.10. The molecule has 2 aromatic carbocycles. The highest BCUT2D eigenvalue weighted by atomic mass is 127. The third-order valence-corrected chi connectivity index (χ3v) is 4.45. The molecule has 0 bridgehead atoms. The molecule has 0 saturated heterocycles. The molecule has 0 fully saturated rings. The molecular weight excluding hydrogens is 517 g/mol. The first-order valence-corrected chi connectivity index (χ1v) is 8.98. The average Bonchev–Trinajstić information content (AvgIpc) is 2.58.